The molecule has 0 spiro atoms. The summed E-state index contributed by atoms with van der Waals surface area (Å²) in [4.78, 5) is 15.7. The molecule has 29 heavy (non-hydrogen) atoms. The fourth-order valence-corrected chi connectivity index (χ4v) is 2.47. The van der Waals surface area contributed by atoms with Gasteiger partial charge in [-0.15, -0.1) is 0 Å². The van der Waals surface area contributed by atoms with E-state index in [9.17, 15) is 4.79 Å². The Balaban J connectivity index is 1.63. The zero-order valence-corrected chi connectivity index (χ0v) is 17.1. The zero-order chi connectivity index (χ0) is 20.7. The van der Waals surface area contributed by atoms with Crippen LogP contribution < -0.4 is 20.7 Å². The fourth-order valence-electron chi connectivity index (χ4n) is 2.47. The molecule has 1 amide bonds. The highest BCUT2D eigenvalue weighted by Crippen LogP contribution is 2.17. The summed E-state index contributed by atoms with van der Waals surface area (Å²) in [6.07, 6.45) is 2.46. The number of carbonyl (C=O) groups is 1. The third-order valence-corrected chi connectivity index (χ3v) is 3.70. The second kappa shape index (κ2) is 13.2. The first-order chi connectivity index (χ1) is 14.2. The number of benzene rings is 1. The van der Waals surface area contributed by atoms with Crippen molar-refractivity contribution >= 4 is 17.6 Å². The van der Waals surface area contributed by atoms with Gasteiger partial charge in [0.05, 0.1) is 12.8 Å². The van der Waals surface area contributed by atoms with Crippen molar-refractivity contribution in [1.29, 1.82) is 0 Å². The van der Waals surface area contributed by atoms with E-state index in [0.29, 0.717) is 44.3 Å². The van der Waals surface area contributed by atoms with E-state index in [0.717, 1.165) is 24.7 Å². The van der Waals surface area contributed by atoms with Gasteiger partial charge < -0.3 is 29.8 Å². The van der Waals surface area contributed by atoms with Crippen molar-refractivity contribution < 1.29 is 18.7 Å². The average molecular weight is 402 g/mol. The molecule has 0 unspecified atom stereocenters. The molecule has 0 saturated carbocycles. The largest absolute Gasteiger partial charge is 0.492 e. The van der Waals surface area contributed by atoms with Crippen molar-refractivity contribution in [3.8, 4) is 5.75 Å². The highest BCUT2D eigenvalue weighted by atomic mass is 16.5. The van der Waals surface area contributed by atoms with Gasteiger partial charge in [-0.05, 0) is 37.6 Å². The van der Waals surface area contributed by atoms with Crippen LogP contribution >= 0.6 is 0 Å². The van der Waals surface area contributed by atoms with Crippen molar-refractivity contribution in [2.24, 2.45) is 4.99 Å². The van der Waals surface area contributed by atoms with E-state index in [1.54, 1.807) is 12.3 Å². The van der Waals surface area contributed by atoms with Gasteiger partial charge in [-0.1, -0.05) is 6.07 Å². The molecule has 158 valence electrons. The Morgan fingerprint density at radius 2 is 2.07 bits per heavy atom. The molecule has 0 saturated heterocycles. The summed E-state index contributed by atoms with van der Waals surface area (Å²) in [6, 6.07) is 11.1. The minimum Gasteiger partial charge on any atom is -0.492 e. The fraction of sp³-hybridized carbons (Fsp3) is 0.429. The van der Waals surface area contributed by atoms with E-state index < -0.39 is 0 Å². The number of nitrogens with zero attached hydrogens (tertiary/aromatic N) is 1. The number of carbonyl (C=O) groups excluding carboxylic acids is 1. The molecule has 8 heteroatoms. The molecule has 1 aromatic carbocycles. The van der Waals surface area contributed by atoms with Crippen molar-refractivity contribution in [3.63, 3.8) is 0 Å². The van der Waals surface area contributed by atoms with Crippen LogP contribution in [0.3, 0.4) is 0 Å². The second-order valence-corrected chi connectivity index (χ2v) is 6.23. The summed E-state index contributed by atoms with van der Waals surface area (Å²) in [7, 11) is 0. The van der Waals surface area contributed by atoms with Gasteiger partial charge in [0, 0.05) is 38.4 Å². The van der Waals surface area contributed by atoms with Gasteiger partial charge in [-0.25, -0.2) is 0 Å². The van der Waals surface area contributed by atoms with E-state index in [1.165, 1.54) is 6.92 Å². The van der Waals surface area contributed by atoms with Gasteiger partial charge in [-0.3, -0.25) is 9.79 Å². The predicted octanol–water partition coefficient (Wildman–Crippen LogP) is 2.78. The molecule has 0 aliphatic heterocycles. The molecule has 2 aromatic rings. The molecule has 1 aromatic heterocycles. The minimum atomic E-state index is -0.110. The van der Waals surface area contributed by atoms with E-state index >= 15 is 0 Å². The summed E-state index contributed by atoms with van der Waals surface area (Å²) >= 11 is 0. The lowest BCUT2D eigenvalue weighted by Crippen LogP contribution is -2.39. The lowest BCUT2D eigenvalue weighted by atomic mass is 10.3. The molecular weight excluding hydrogens is 372 g/mol. The molecule has 0 bridgehead atoms. The summed E-state index contributed by atoms with van der Waals surface area (Å²) in [6.45, 7) is 7.11. The molecule has 0 atom stereocenters. The highest BCUT2D eigenvalue weighted by molar-refractivity contribution is 5.88. The van der Waals surface area contributed by atoms with E-state index in [1.807, 2.05) is 37.3 Å². The predicted molar refractivity (Wildman–Crippen MR) is 113 cm³/mol. The molecule has 0 aliphatic rings. The molecule has 1 heterocycles. The van der Waals surface area contributed by atoms with E-state index in [-0.39, 0.29) is 5.91 Å². The van der Waals surface area contributed by atoms with Gasteiger partial charge in [0.1, 0.15) is 24.7 Å². The summed E-state index contributed by atoms with van der Waals surface area (Å²) < 4.78 is 16.5. The van der Waals surface area contributed by atoms with Crippen LogP contribution in [0, 0.1) is 0 Å². The van der Waals surface area contributed by atoms with Crippen LogP contribution in [0.4, 0.5) is 5.69 Å². The Morgan fingerprint density at radius 3 is 2.83 bits per heavy atom. The number of nitrogens with one attached hydrogen (secondary N) is 3. The number of amides is 1. The monoisotopic (exact) mass is 402 g/mol. The second-order valence-electron chi connectivity index (χ2n) is 6.23. The minimum absolute atomic E-state index is 0.110. The first-order valence-corrected chi connectivity index (χ1v) is 9.80. The Labute approximate surface area is 171 Å². The Kier molecular flexibility index (Phi) is 10.2. The molecule has 8 nitrogen and oxygen atoms in total. The molecule has 3 N–H and O–H groups in total. The van der Waals surface area contributed by atoms with E-state index in [4.69, 9.17) is 13.9 Å². The lowest BCUT2D eigenvalue weighted by Gasteiger charge is -2.12. The van der Waals surface area contributed by atoms with Gasteiger partial charge in [-0.2, -0.15) is 0 Å². The first-order valence-electron chi connectivity index (χ1n) is 9.80. The highest BCUT2D eigenvalue weighted by Gasteiger charge is 2.01. The van der Waals surface area contributed by atoms with E-state index in [2.05, 4.69) is 20.9 Å². The van der Waals surface area contributed by atoms with Crippen LogP contribution in [0.15, 0.2) is 52.1 Å². The first kappa shape index (κ1) is 22.3. The van der Waals surface area contributed by atoms with Crippen molar-refractivity contribution in [2.75, 3.05) is 38.2 Å². The molecule has 2 rings (SSSR count). The van der Waals surface area contributed by atoms with Crippen LogP contribution in [0.25, 0.3) is 0 Å². The maximum Gasteiger partial charge on any atom is 0.221 e. The average Bonchev–Trinajstić information content (AvgIpc) is 3.21. The Hall–Kier alpha value is -3.00. The number of furan rings is 1. The number of aliphatic imine (C=N–C) groups is 1. The quantitative estimate of drug-likeness (QED) is 0.287. The van der Waals surface area contributed by atoms with Crippen molar-refractivity contribution in [1.82, 2.24) is 10.6 Å². The van der Waals surface area contributed by atoms with Gasteiger partial charge >= 0.3 is 0 Å². The summed E-state index contributed by atoms with van der Waals surface area (Å²) in [5.41, 5.74) is 0.715. The molecule has 0 radical (unpaired) electrons. The SMILES string of the molecule is CCNC(=NCCCOCc1ccco1)NCCOc1cccc(NC(C)=O)c1. The topological polar surface area (TPSA) is 97.1 Å². The number of ether oxygens (including phenoxy) is 2. The lowest BCUT2D eigenvalue weighted by molar-refractivity contribution is -0.114. The summed E-state index contributed by atoms with van der Waals surface area (Å²) in [5.74, 6) is 2.16. The number of guanidine groups is 1. The van der Waals surface area contributed by atoms with Crippen LogP contribution in [-0.4, -0.2) is 44.7 Å². The van der Waals surface area contributed by atoms with Crippen molar-refractivity contribution in [2.45, 2.75) is 26.9 Å². The molecular formula is C21H30N4O4. The van der Waals surface area contributed by atoms with Crippen LogP contribution in [0.1, 0.15) is 26.0 Å². The van der Waals surface area contributed by atoms with Crippen LogP contribution in [0.2, 0.25) is 0 Å². The third-order valence-electron chi connectivity index (χ3n) is 3.70. The van der Waals surface area contributed by atoms with Gasteiger partial charge in [0.2, 0.25) is 5.91 Å². The molecule has 0 fully saturated rings. The number of rotatable bonds is 12. The normalized spacial score (nSPS) is 11.2. The maximum absolute atomic E-state index is 11.1. The smallest absolute Gasteiger partial charge is 0.221 e. The van der Waals surface area contributed by atoms with Gasteiger partial charge in [0.15, 0.2) is 5.96 Å². The molecule has 0 aliphatic carbocycles. The number of hydrogen-bond donors (Lipinski definition) is 3. The third kappa shape index (κ3) is 9.66. The van der Waals surface area contributed by atoms with Gasteiger partial charge in [0.25, 0.3) is 0 Å². The number of anilines is 1. The van der Waals surface area contributed by atoms with Crippen LogP contribution in [-0.2, 0) is 16.1 Å². The zero-order valence-electron chi connectivity index (χ0n) is 17.1. The summed E-state index contributed by atoms with van der Waals surface area (Å²) in [5, 5.41) is 9.18. The number of hydrogen-bond acceptors (Lipinski definition) is 5. The standard InChI is InChI=1S/C21H30N4O4/c1-3-22-21(23-10-6-12-27-16-20-9-5-13-28-20)24-11-14-29-19-8-4-7-18(15-19)25-17(2)26/h4-5,7-9,13,15H,3,6,10-12,14,16H2,1-2H3,(H,25,26)(H2,22,23,24). The maximum atomic E-state index is 11.1. The Bertz CT molecular complexity index is 747. The van der Waals surface area contributed by atoms with Crippen molar-refractivity contribution in [3.05, 3.63) is 48.4 Å². The Morgan fingerprint density at radius 1 is 1.17 bits per heavy atom. The van der Waals surface area contributed by atoms with Crippen LogP contribution in [0.5, 0.6) is 5.75 Å².